The van der Waals surface area contributed by atoms with Crippen LogP contribution in [0.2, 0.25) is 0 Å². The van der Waals surface area contributed by atoms with Gasteiger partial charge in [-0.25, -0.2) is 0 Å². The predicted octanol–water partition coefficient (Wildman–Crippen LogP) is 2.80. The molecule has 0 aliphatic heterocycles. The molecule has 3 heteroatoms. The van der Waals surface area contributed by atoms with Crippen molar-refractivity contribution in [2.45, 2.75) is 33.3 Å². The number of anilines is 2. The first-order valence-electron chi connectivity index (χ1n) is 5.68. The summed E-state index contributed by atoms with van der Waals surface area (Å²) < 4.78 is 5.62. The molecule has 0 heterocycles. The maximum Gasteiger partial charge on any atom is 0.0797 e. The number of hydrogen-bond donors (Lipinski definition) is 2. The van der Waals surface area contributed by atoms with E-state index in [9.17, 15) is 0 Å². The average Bonchev–Trinajstić information content (AvgIpc) is 2.13. The van der Waals surface area contributed by atoms with Gasteiger partial charge in [0.1, 0.15) is 0 Å². The van der Waals surface area contributed by atoms with Gasteiger partial charge in [0.25, 0.3) is 0 Å². The van der Waals surface area contributed by atoms with E-state index in [1.807, 2.05) is 26.0 Å². The molecule has 1 rings (SSSR count). The van der Waals surface area contributed by atoms with Gasteiger partial charge in [-0.15, -0.1) is 0 Å². The van der Waals surface area contributed by atoms with Crippen LogP contribution in [0.1, 0.15) is 26.3 Å². The number of benzene rings is 1. The van der Waals surface area contributed by atoms with Crippen LogP contribution in [0.4, 0.5) is 11.4 Å². The largest absolute Gasteiger partial charge is 0.399 e. The van der Waals surface area contributed by atoms with E-state index in [-0.39, 0.29) is 5.60 Å². The standard InChI is InChI=1S/C13H22N2O/c1-5-16-13(3,4)9-15-12-7-10(2)6-11(14)8-12/h6-8,15H,5,9,14H2,1-4H3. The maximum atomic E-state index is 5.79. The van der Waals surface area contributed by atoms with Crippen molar-refractivity contribution < 1.29 is 4.74 Å². The molecule has 0 atom stereocenters. The van der Waals surface area contributed by atoms with Crippen molar-refractivity contribution in [1.29, 1.82) is 0 Å². The second-order valence-corrected chi connectivity index (χ2v) is 4.68. The lowest BCUT2D eigenvalue weighted by Gasteiger charge is -2.25. The number of aryl methyl sites for hydroxylation is 1. The van der Waals surface area contributed by atoms with E-state index in [0.29, 0.717) is 0 Å². The molecule has 0 amide bonds. The first-order chi connectivity index (χ1) is 7.43. The van der Waals surface area contributed by atoms with Gasteiger partial charge in [-0.2, -0.15) is 0 Å². The summed E-state index contributed by atoms with van der Waals surface area (Å²) in [7, 11) is 0. The van der Waals surface area contributed by atoms with E-state index in [1.54, 1.807) is 0 Å². The van der Waals surface area contributed by atoms with Gasteiger partial charge < -0.3 is 15.8 Å². The lowest BCUT2D eigenvalue weighted by atomic mass is 10.1. The SMILES string of the molecule is CCOC(C)(C)CNc1cc(C)cc(N)c1. The minimum Gasteiger partial charge on any atom is -0.399 e. The Kier molecular flexibility index (Phi) is 4.19. The quantitative estimate of drug-likeness (QED) is 0.753. The molecule has 0 fully saturated rings. The first kappa shape index (κ1) is 12.8. The number of rotatable bonds is 5. The van der Waals surface area contributed by atoms with Crippen molar-refractivity contribution in [3.8, 4) is 0 Å². The van der Waals surface area contributed by atoms with Gasteiger partial charge in [0.05, 0.1) is 5.60 Å². The molecule has 3 N–H and O–H groups in total. The van der Waals surface area contributed by atoms with Crippen molar-refractivity contribution in [1.82, 2.24) is 0 Å². The molecule has 0 aromatic heterocycles. The maximum absolute atomic E-state index is 5.79. The zero-order chi connectivity index (χ0) is 12.2. The van der Waals surface area contributed by atoms with E-state index >= 15 is 0 Å². The van der Waals surface area contributed by atoms with Crippen LogP contribution in [0, 0.1) is 6.92 Å². The monoisotopic (exact) mass is 222 g/mol. The van der Waals surface area contributed by atoms with E-state index in [0.717, 1.165) is 30.1 Å². The number of hydrogen-bond acceptors (Lipinski definition) is 3. The van der Waals surface area contributed by atoms with Gasteiger partial charge in [0.2, 0.25) is 0 Å². The van der Waals surface area contributed by atoms with E-state index < -0.39 is 0 Å². The van der Waals surface area contributed by atoms with Gasteiger partial charge >= 0.3 is 0 Å². The third-order valence-corrected chi connectivity index (χ3v) is 2.35. The highest BCUT2D eigenvalue weighted by atomic mass is 16.5. The smallest absolute Gasteiger partial charge is 0.0797 e. The van der Waals surface area contributed by atoms with Gasteiger partial charge in [-0.1, -0.05) is 0 Å². The Morgan fingerprint density at radius 2 is 2.00 bits per heavy atom. The van der Waals surface area contributed by atoms with E-state index in [4.69, 9.17) is 10.5 Å². The van der Waals surface area contributed by atoms with E-state index in [2.05, 4.69) is 25.2 Å². The summed E-state index contributed by atoms with van der Waals surface area (Å²) in [4.78, 5) is 0. The van der Waals surface area contributed by atoms with Crippen molar-refractivity contribution in [3.05, 3.63) is 23.8 Å². The Balaban J connectivity index is 2.60. The molecule has 0 spiro atoms. The number of nitrogens with one attached hydrogen (secondary N) is 1. The molecule has 0 bridgehead atoms. The van der Waals surface area contributed by atoms with Crippen LogP contribution >= 0.6 is 0 Å². The third-order valence-electron chi connectivity index (χ3n) is 2.35. The zero-order valence-electron chi connectivity index (χ0n) is 10.6. The third kappa shape index (κ3) is 4.11. The highest BCUT2D eigenvalue weighted by Gasteiger charge is 2.16. The van der Waals surface area contributed by atoms with Gasteiger partial charge in [-0.05, 0) is 51.5 Å². The minimum absolute atomic E-state index is 0.159. The normalized spacial score (nSPS) is 11.5. The minimum atomic E-state index is -0.159. The summed E-state index contributed by atoms with van der Waals surface area (Å²) in [5, 5.41) is 3.35. The van der Waals surface area contributed by atoms with E-state index in [1.165, 1.54) is 0 Å². The van der Waals surface area contributed by atoms with Crippen LogP contribution in [0.5, 0.6) is 0 Å². The second kappa shape index (κ2) is 5.21. The fraction of sp³-hybridized carbons (Fsp3) is 0.538. The number of nitrogens with two attached hydrogens (primary N) is 1. The lowest BCUT2D eigenvalue weighted by Crippen LogP contribution is -2.33. The Hall–Kier alpha value is -1.22. The molecule has 90 valence electrons. The number of ether oxygens (including phenoxy) is 1. The zero-order valence-corrected chi connectivity index (χ0v) is 10.6. The summed E-state index contributed by atoms with van der Waals surface area (Å²) in [5.74, 6) is 0. The Labute approximate surface area is 98.0 Å². The van der Waals surface area contributed by atoms with Crippen LogP contribution in [0.3, 0.4) is 0 Å². The Morgan fingerprint density at radius 3 is 2.56 bits per heavy atom. The summed E-state index contributed by atoms with van der Waals surface area (Å²) >= 11 is 0. The highest BCUT2D eigenvalue weighted by Crippen LogP contribution is 2.17. The van der Waals surface area contributed by atoms with Crippen LogP contribution < -0.4 is 11.1 Å². The van der Waals surface area contributed by atoms with Crippen LogP contribution in [0.25, 0.3) is 0 Å². The molecule has 0 saturated carbocycles. The summed E-state index contributed by atoms with van der Waals surface area (Å²) in [6.07, 6.45) is 0. The summed E-state index contributed by atoms with van der Waals surface area (Å²) in [6.45, 7) is 9.68. The molecule has 0 aliphatic rings. The van der Waals surface area contributed by atoms with Crippen LogP contribution in [-0.4, -0.2) is 18.8 Å². The van der Waals surface area contributed by atoms with Gasteiger partial charge in [-0.3, -0.25) is 0 Å². The van der Waals surface area contributed by atoms with Crippen molar-refractivity contribution >= 4 is 11.4 Å². The second-order valence-electron chi connectivity index (χ2n) is 4.68. The van der Waals surface area contributed by atoms with Crippen molar-refractivity contribution in [2.75, 3.05) is 24.2 Å². The first-order valence-corrected chi connectivity index (χ1v) is 5.68. The fourth-order valence-corrected chi connectivity index (χ4v) is 1.67. The van der Waals surface area contributed by atoms with Gasteiger partial charge in [0.15, 0.2) is 0 Å². The van der Waals surface area contributed by atoms with Crippen molar-refractivity contribution in [3.63, 3.8) is 0 Å². The molecule has 0 radical (unpaired) electrons. The van der Waals surface area contributed by atoms with Crippen molar-refractivity contribution in [2.24, 2.45) is 0 Å². The van der Waals surface area contributed by atoms with Crippen LogP contribution in [-0.2, 0) is 4.74 Å². The molecule has 3 nitrogen and oxygen atoms in total. The molecule has 16 heavy (non-hydrogen) atoms. The molecule has 1 aromatic carbocycles. The fourth-order valence-electron chi connectivity index (χ4n) is 1.67. The molecule has 0 saturated heterocycles. The predicted molar refractivity (Wildman–Crippen MR) is 69.8 cm³/mol. The Bertz CT molecular complexity index is 328. The Morgan fingerprint density at radius 1 is 1.31 bits per heavy atom. The topological polar surface area (TPSA) is 47.3 Å². The van der Waals surface area contributed by atoms with Crippen LogP contribution in [0.15, 0.2) is 18.2 Å². The lowest BCUT2D eigenvalue weighted by molar-refractivity contribution is 0.000698. The molecule has 1 aromatic rings. The molecular weight excluding hydrogens is 200 g/mol. The highest BCUT2D eigenvalue weighted by molar-refractivity contribution is 5.56. The summed E-state index contributed by atoms with van der Waals surface area (Å²) in [5.41, 5.74) is 8.63. The number of nitrogen functional groups attached to an aromatic ring is 1. The van der Waals surface area contributed by atoms with Gasteiger partial charge in [0, 0.05) is 24.5 Å². The average molecular weight is 222 g/mol. The molecule has 0 aliphatic carbocycles. The molecule has 0 unspecified atom stereocenters. The summed E-state index contributed by atoms with van der Waals surface area (Å²) in [6, 6.07) is 5.98. The molecular formula is C13H22N2O.